The molecule has 0 aliphatic heterocycles. The molecule has 4 rings (SSSR count). The molecular weight excluding hydrogens is 386 g/mol. The fraction of sp³-hybridized carbons (Fsp3) is 0.0526. The molecule has 0 radical (unpaired) electrons. The molecule has 130 valence electrons. The molecule has 0 N–H and O–H groups in total. The SMILES string of the molecule is CC(=Nn1c(-c2cccs2)csc1=Nc1ccc(Cl)cc1)c1ccco1. The zero-order valence-corrected chi connectivity index (χ0v) is 16.2. The van der Waals surface area contributed by atoms with Gasteiger partial charge in [0.15, 0.2) is 0 Å². The molecule has 0 fully saturated rings. The Labute approximate surface area is 163 Å². The van der Waals surface area contributed by atoms with E-state index in [0.717, 1.165) is 32.5 Å². The second kappa shape index (κ2) is 7.45. The fourth-order valence-electron chi connectivity index (χ4n) is 2.38. The van der Waals surface area contributed by atoms with Crippen molar-refractivity contribution in [3.63, 3.8) is 0 Å². The number of hydrogen-bond donors (Lipinski definition) is 0. The van der Waals surface area contributed by atoms with Crippen molar-refractivity contribution in [2.75, 3.05) is 0 Å². The number of nitrogens with zero attached hydrogens (tertiary/aromatic N) is 3. The Balaban J connectivity index is 1.87. The van der Waals surface area contributed by atoms with Gasteiger partial charge >= 0.3 is 0 Å². The van der Waals surface area contributed by atoms with Gasteiger partial charge in [-0.3, -0.25) is 0 Å². The molecule has 4 aromatic rings. The summed E-state index contributed by atoms with van der Waals surface area (Å²) in [6.07, 6.45) is 1.64. The molecule has 0 aliphatic rings. The van der Waals surface area contributed by atoms with E-state index >= 15 is 0 Å². The van der Waals surface area contributed by atoms with Crippen molar-refractivity contribution in [1.82, 2.24) is 4.68 Å². The third-order valence-electron chi connectivity index (χ3n) is 3.64. The molecule has 4 nitrogen and oxygen atoms in total. The lowest BCUT2D eigenvalue weighted by Gasteiger charge is -2.03. The van der Waals surface area contributed by atoms with E-state index in [-0.39, 0.29) is 0 Å². The standard InChI is InChI=1S/C19H14ClN3OS2/c1-13(17-4-2-10-24-17)22-23-16(18-5-3-11-25-18)12-26-19(23)21-15-8-6-14(20)7-9-15/h2-12H,1H3. The van der Waals surface area contributed by atoms with Crippen molar-refractivity contribution in [2.45, 2.75) is 6.92 Å². The summed E-state index contributed by atoms with van der Waals surface area (Å²) in [5.74, 6) is 0.735. The Morgan fingerprint density at radius 2 is 1.92 bits per heavy atom. The highest BCUT2D eigenvalue weighted by atomic mass is 35.5. The van der Waals surface area contributed by atoms with Gasteiger partial charge in [0.2, 0.25) is 4.80 Å². The van der Waals surface area contributed by atoms with Crippen molar-refractivity contribution >= 4 is 45.7 Å². The molecule has 0 bridgehead atoms. The normalized spacial score (nSPS) is 12.7. The van der Waals surface area contributed by atoms with Crippen LogP contribution in [0.5, 0.6) is 0 Å². The molecule has 0 amide bonds. The van der Waals surface area contributed by atoms with E-state index < -0.39 is 0 Å². The lowest BCUT2D eigenvalue weighted by molar-refractivity contribution is 0.556. The Hall–Kier alpha value is -2.41. The molecule has 0 atom stereocenters. The molecular formula is C19H14ClN3OS2. The first kappa shape index (κ1) is 17.0. The van der Waals surface area contributed by atoms with Crippen molar-refractivity contribution in [2.24, 2.45) is 10.1 Å². The summed E-state index contributed by atoms with van der Waals surface area (Å²) >= 11 is 9.18. The minimum Gasteiger partial charge on any atom is -0.463 e. The van der Waals surface area contributed by atoms with Gasteiger partial charge < -0.3 is 4.42 Å². The maximum Gasteiger partial charge on any atom is 0.211 e. The summed E-state index contributed by atoms with van der Waals surface area (Å²) in [5, 5.41) is 9.58. The van der Waals surface area contributed by atoms with Crippen molar-refractivity contribution in [3.05, 3.63) is 81.1 Å². The van der Waals surface area contributed by atoms with Crippen LogP contribution in [0, 0.1) is 0 Å². The number of furan rings is 1. The summed E-state index contributed by atoms with van der Waals surface area (Å²) in [4.78, 5) is 6.65. The van der Waals surface area contributed by atoms with Gasteiger partial charge in [-0.15, -0.1) is 22.7 Å². The highest BCUT2D eigenvalue weighted by Crippen LogP contribution is 2.26. The van der Waals surface area contributed by atoms with Gasteiger partial charge in [0, 0.05) is 10.4 Å². The van der Waals surface area contributed by atoms with E-state index in [4.69, 9.17) is 26.1 Å². The molecule has 0 aliphatic carbocycles. The first-order valence-electron chi connectivity index (χ1n) is 7.85. The summed E-state index contributed by atoms with van der Waals surface area (Å²) in [6, 6.07) is 15.3. The van der Waals surface area contributed by atoms with E-state index in [1.165, 1.54) is 0 Å². The maximum atomic E-state index is 5.97. The third-order valence-corrected chi connectivity index (χ3v) is 5.60. The second-order valence-electron chi connectivity index (χ2n) is 5.44. The van der Waals surface area contributed by atoms with Gasteiger partial charge in [-0.1, -0.05) is 17.7 Å². The van der Waals surface area contributed by atoms with Crippen molar-refractivity contribution in [1.29, 1.82) is 0 Å². The number of thiophene rings is 1. The smallest absolute Gasteiger partial charge is 0.211 e. The number of thiazole rings is 1. The molecule has 0 saturated carbocycles. The Morgan fingerprint density at radius 1 is 1.08 bits per heavy atom. The van der Waals surface area contributed by atoms with Crippen molar-refractivity contribution in [3.8, 4) is 10.6 Å². The highest BCUT2D eigenvalue weighted by molar-refractivity contribution is 7.14. The van der Waals surface area contributed by atoms with E-state index in [0.29, 0.717) is 5.02 Å². The zero-order valence-electron chi connectivity index (χ0n) is 13.8. The largest absolute Gasteiger partial charge is 0.463 e. The van der Waals surface area contributed by atoms with Gasteiger partial charge in [0.05, 0.1) is 22.5 Å². The van der Waals surface area contributed by atoms with Crippen molar-refractivity contribution < 1.29 is 4.42 Å². The lowest BCUT2D eigenvalue weighted by Crippen LogP contribution is -2.13. The maximum absolute atomic E-state index is 5.97. The summed E-state index contributed by atoms with van der Waals surface area (Å²) in [6.45, 7) is 1.92. The Bertz CT molecular complexity index is 1090. The highest BCUT2D eigenvalue weighted by Gasteiger charge is 2.10. The van der Waals surface area contributed by atoms with Crippen LogP contribution in [0.4, 0.5) is 5.69 Å². The lowest BCUT2D eigenvalue weighted by atomic mass is 10.3. The number of hydrogen-bond acceptors (Lipinski definition) is 5. The van der Waals surface area contributed by atoms with Gasteiger partial charge in [-0.05, 0) is 54.8 Å². The first-order valence-corrected chi connectivity index (χ1v) is 9.98. The molecule has 3 heterocycles. The molecule has 7 heteroatoms. The number of halogens is 1. The van der Waals surface area contributed by atoms with Crippen LogP contribution in [0.3, 0.4) is 0 Å². The molecule has 0 unspecified atom stereocenters. The van der Waals surface area contributed by atoms with Crippen LogP contribution >= 0.6 is 34.3 Å². The van der Waals surface area contributed by atoms with Gasteiger partial charge in [-0.25, -0.2) is 9.67 Å². The first-order chi connectivity index (χ1) is 12.7. The third kappa shape index (κ3) is 3.58. The van der Waals surface area contributed by atoms with E-state index in [1.54, 1.807) is 28.9 Å². The van der Waals surface area contributed by atoms with Crippen LogP contribution in [0.2, 0.25) is 5.02 Å². The molecule has 1 aromatic carbocycles. The Morgan fingerprint density at radius 3 is 2.62 bits per heavy atom. The van der Waals surface area contributed by atoms with E-state index in [2.05, 4.69) is 16.8 Å². The van der Waals surface area contributed by atoms with Crippen LogP contribution in [0.15, 0.2) is 80.1 Å². The fourth-order valence-corrected chi connectivity index (χ4v) is 4.15. The van der Waals surface area contributed by atoms with Gasteiger partial charge in [0.25, 0.3) is 0 Å². The zero-order chi connectivity index (χ0) is 17.9. The van der Waals surface area contributed by atoms with Crippen LogP contribution in [-0.4, -0.2) is 10.4 Å². The minimum absolute atomic E-state index is 0.689. The van der Waals surface area contributed by atoms with Crippen LogP contribution in [0.25, 0.3) is 10.6 Å². The average Bonchev–Trinajstić information content (AvgIpc) is 3.38. The van der Waals surface area contributed by atoms with Gasteiger partial charge in [0.1, 0.15) is 11.5 Å². The van der Waals surface area contributed by atoms with E-state index in [1.807, 2.05) is 54.1 Å². The quantitative estimate of drug-likeness (QED) is 0.386. The monoisotopic (exact) mass is 399 g/mol. The number of benzene rings is 1. The predicted octanol–water partition coefficient (Wildman–Crippen LogP) is 6.03. The topological polar surface area (TPSA) is 42.8 Å². The van der Waals surface area contributed by atoms with Crippen LogP contribution < -0.4 is 4.80 Å². The summed E-state index contributed by atoms with van der Waals surface area (Å²) < 4.78 is 7.33. The summed E-state index contributed by atoms with van der Waals surface area (Å²) in [7, 11) is 0. The molecule has 0 saturated heterocycles. The Kier molecular flexibility index (Phi) is 4.88. The molecule has 3 aromatic heterocycles. The minimum atomic E-state index is 0.689. The van der Waals surface area contributed by atoms with Crippen LogP contribution in [-0.2, 0) is 0 Å². The number of rotatable bonds is 4. The molecule has 26 heavy (non-hydrogen) atoms. The van der Waals surface area contributed by atoms with Crippen LogP contribution in [0.1, 0.15) is 12.7 Å². The molecule has 0 spiro atoms. The van der Waals surface area contributed by atoms with Gasteiger partial charge in [-0.2, -0.15) is 5.10 Å². The second-order valence-corrected chi connectivity index (χ2v) is 7.66. The summed E-state index contributed by atoms with van der Waals surface area (Å²) in [5.41, 5.74) is 2.61. The van der Waals surface area contributed by atoms with E-state index in [9.17, 15) is 0 Å². The average molecular weight is 400 g/mol. The number of aromatic nitrogens is 1. The predicted molar refractivity (Wildman–Crippen MR) is 109 cm³/mol.